The number of nitrogens with one attached hydrogen (secondary N) is 1. The normalized spacial score (nSPS) is 11.9. The summed E-state index contributed by atoms with van der Waals surface area (Å²) in [6, 6.07) is 0.167. The molecule has 1 aromatic carbocycles. The summed E-state index contributed by atoms with van der Waals surface area (Å²) in [5.74, 6) is -5.80. The van der Waals surface area contributed by atoms with E-state index in [2.05, 4.69) is 5.32 Å². The van der Waals surface area contributed by atoms with Crippen LogP contribution in [0, 0.1) is 17.5 Å². The van der Waals surface area contributed by atoms with Crippen molar-refractivity contribution in [1.82, 2.24) is 5.32 Å². The van der Waals surface area contributed by atoms with Gasteiger partial charge in [0.05, 0.1) is 12.5 Å². The maximum Gasteiger partial charge on any atom is 0.305 e. The van der Waals surface area contributed by atoms with Crippen molar-refractivity contribution < 1.29 is 27.9 Å². The number of benzene rings is 1. The van der Waals surface area contributed by atoms with Crippen molar-refractivity contribution in [2.24, 2.45) is 0 Å². The van der Waals surface area contributed by atoms with E-state index < -0.39 is 35.9 Å². The second kappa shape index (κ2) is 5.33. The third-order valence-corrected chi connectivity index (χ3v) is 2.06. The Morgan fingerprint density at radius 1 is 1.35 bits per heavy atom. The third kappa shape index (κ3) is 3.20. The van der Waals surface area contributed by atoms with Gasteiger partial charge in [-0.1, -0.05) is 0 Å². The summed E-state index contributed by atoms with van der Waals surface area (Å²) in [4.78, 5) is 20.7. The zero-order valence-electron chi connectivity index (χ0n) is 8.41. The van der Waals surface area contributed by atoms with Gasteiger partial charge in [0.15, 0.2) is 17.5 Å². The Labute approximate surface area is 94.1 Å². The van der Waals surface area contributed by atoms with Crippen LogP contribution in [0.25, 0.3) is 0 Å². The summed E-state index contributed by atoms with van der Waals surface area (Å²) in [7, 11) is 0. The second-order valence-corrected chi connectivity index (χ2v) is 3.23. The quantitative estimate of drug-likeness (QED) is 0.610. The highest BCUT2D eigenvalue weighted by Gasteiger charge is 2.19. The summed E-state index contributed by atoms with van der Waals surface area (Å²) in [6.07, 6.45) is -0.365. The summed E-state index contributed by atoms with van der Waals surface area (Å²) in [5, 5.41) is 10.6. The minimum Gasteiger partial charge on any atom is -0.481 e. The molecule has 1 amide bonds. The van der Waals surface area contributed by atoms with Crippen molar-refractivity contribution in [2.45, 2.75) is 12.5 Å². The van der Waals surface area contributed by atoms with E-state index >= 15 is 0 Å². The van der Waals surface area contributed by atoms with Crippen LogP contribution < -0.4 is 5.32 Å². The number of hydrogen-bond donors (Lipinski definition) is 2. The van der Waals surface area contributed by atoms with Gasteiger partial charge < -0.3 is 10.4 Å². The predicted molar refractivity (Wildman–Crippen MR) is 50.5 cm³/mol. The summed E-state index contributed by atoms with van der Waals surface area (Å²) >= 11 is 0. The largest absolute Gasteiger partial charge is 0.481 e. The molecule has 2 N–H and O–H groups in total. The molecule has 0 heterocycles. The van der Waals surface area contributed by atoms with Gasteiger partial charge in [0.25, 0.3) is 0 Å². The van der Waals surface area contributed by atoms with E-state index in [0.29, 0.717) is 12.1 Å². The van der Waals surface area contributed by atoms with Gasteiger partial charge in [-0.2, -0.15) is 0 Å². The van der Waals surface area contributed by atoms with Crippen LogP contribution in [0.3, 0.4) is 0 Å². The van der Waals surface area contributed by atoms with Crippen LogP contribution in [-0.4, -0.2) is 17.5 Å². The molecule has 0 saturated carbocycles. The van der Waals surface area contributed by atoms with Crippen molar-refractivity contribution in [3.05, 3.63) is 35.1 Å². The van der Waals surface area contributed by atoms with Gasteiger partial charge in [0.1, 0.15) is 0 Å². The van der Waals surface area contributed by atoms with Gasteiger partial charge >= 0.3 is 5.97 Å². The number of amides is 1. The molecule has 1 aromatic rings. The third-order valence-electron chi connectivity index (χ3n) is 2.06. The van der Waals surface area contributed by atoms with Gasteiger partial charge in [0, 0.05) is 0 Å². The van der Waals surface area contributed by atoms with Crippen molar-refractivity contribution in [3.63, 3.8) is 0 Å². The number of carbonyl (C=O) groups excluding carboxylic acids is 1. The van der Waals surface area contributed by atoms with Crippen molar-refractivity contribution >= 4 is 12.4 Å². The zero-order chi connectivity index (χ0) is 13.0. The van der Waals surface area contributed by atoms with Crippen LogP contribution >= 0.6 is 0 Å². The maximum absolute atomic E-state index is 12.9. The molecule has 0 saturated heterocycles. The molecule has 92 valence electrons. The topological polar surface area (TPSA) is 66.4 Å². The fourth-order valence-corrected chi connectivity index (χ4v) is 1.31. The first-order valence-corrected chi connectivity index (χ1v) is 4.51. The van der Waals surface area contributed by atoms with E-state index in [1.807, 2.05) is 0 Å². The lowest BCUT2D eigenvalue weighted by molar-refractivity contribution is -0.137. The van der Waals surface area contributed by atoms with Crippen LogP contribution in [0.15, 0.2) is 12.1 Å². The maximum atomic E-state index is 12.9. The van der Waals surface area contributed by atoms with Crippen LogP contribution in [0.1, 0.15) is 18.0 Å². The van der Waals surface area contributed by atoms with E-state index in [9.17, 15) is 22.8 Å². The van der Waals surface area contributed by atoms with Crippen LogP contribution in [-0.2, 0) is 9.59 Å². The van der Waals surface area contributed by atoms with Gasteiger partial charge in [-0.3, -0.25) is 9.59 Å². The Balaban J connectivity index is 3.09. The first kappa shape index (κ1) is 13.0. The molecule has 0 radical (unpaired) electrons. The molecular formula is C10H8F3NO3. The number of halogens is 3. The molecule has 7 heteroatoms. The van der Waals surface area contributed by atoms with Gasteiger partial charge in [-0.25, -0.2) is 13.2 Å². The fraction of sp³-hybridized carbons (Fsp3) is 0.200. The highest BCUT2D eigenvalue weighted by Crippen LogP contribution is 2.21. The Morgan fingerprint density at radius 3 is 2.29 bits per heavy atom. The average molecular weight is 247 g/mol. The highest BCUT2D eigenvalue weighted by atomic mass is 19.2. The molecule has 1 rings (SSSR count). The lowest BCUT2D eigenvalue weighted by Gasteiger charge is -2.14. The van der Waals surface area contributed by atoms with Crippen molar-refractivity contribution in [1.29, 1.82) is 0 Å². The molecule has 1 atom stereocenters. The molecule has 0 aromatic heterocycles. The van der Waals surface area contributed by atoms with Crippen LogP contribution in [0.2, 0.25) is 0 Å². The molecule has 0 aliphatic heterocycles. The Hall–Kier alpha value is -2.05. The molecule has 1 unspecified atom stereocenters. The number of hydrogen-bond acceptors (Lipinski definition) is 2. The zero-order valence-corrected chi connectivity index (χ0v) is 8.41. The molecule has 0 bridgehead atoms. The standard InChI is InChI=1S/C10H8F3NO3/c11-6-1-5(2-7(12)10(6)13)8(14-4-15)3-9(16)17/h1-2,4,8H,3H2,(H,14,15)(H,16,17). The van der Waals surface area contributed by atoms with E-state index in [4.69, 9.17) is 5.11 Å². The second-order valence-electron chi connectivity index (χ2n) is 3.23. The molecule has 0 fully saturated rings. The minimum absolute atomic E-state index is 0.157. The lowest BCUT2D eigenvalue weighted by Crippen LogP contribution is -2.23. The fourth-order valence-electron chi connectivity index (χ4n) is 1.31. The van der Waals surface area contributed by atoms with Crippen molar-refractivity contribution in [2.75, 3.05) is 0 Å². The van der Waals surface area contributed by atoms with Crippen molar-refractivity contribution in [3.8, 4) is 0 Å². The van der Waals surface area contributed by atoms with Gasteiger partial charge in [-0.05, 0) is 17.7 Å². The van der Waals surface area contributed by atoms with Gasteiger partial charge in [-0.15, -0.1) is 0 Å². The Kier molecular flexibility index (Phi) is 4.08. The molecule has 0 aliphatic carbocycles. The number of aliphatic carboxylic acids is 1. The lowest BCUT2D eigenvalue weighted by atomic mass is 10.0. The number of carboxylic acid groups (broad SMARTS) is 1. The van der Waals surface area contributed by atoms with E-state index in [1.54, 1.807) is 0 Å². The predicted octanol–water partition coefficient (Wildman–Crippen LogP) is 1.37. The Morgan fingerprint density at radius 2 is 1.88 bits per heavy atom. The average Bonchev–Trinajstić information content (AvgIpc) is 2.24. The first-order chi connectivity index (χ1) is 7.95. The SMILES string of the molecule is O=CNC(CC(=O)O)c1cc(F)c(F)c(F)c1. The van der Waals surface area contributed by atoms with Gasteiger partial charge in [0.2, 0.25) is 6.41 Å². The van der Waals surface area contributed by atoms with E-state index in [1.165, 1.54) is 0 Å². The molecule has 0 spiro atoms. The molecule has 17 heavy (non-hydrogen) atoms. The summed E-state index contributed by atoms with van der Waals surface area (Å²) < 4.78 is 38.5. The van der Waals surface area contributed by atoms with E-state index in [0.717, 1.165) is 0 Å². The molecular weight excluding hydrogens is 239 g/mol. The Bertz CT molecular complexity index is 427. The molecule has 0 aliphatic rings. The summed E-state index contributed by atoms with van der Waals surface area (Å²) in [6.45, 7) is 0. The summed E-state index contributed by atoms with van der Waals surface area (Å²) in [5.41, 5.74) is -0.157. The molecule has 4 nitrogen and oxygen atoms in total. The van der Waals surface area contributed by atoms with Crippen LogP contribution in [0.4, 0.5) is 13.2 Å². The van der Waals surface area contributed by atoms with Crippen LogP contribution in [0.5, 0.6) is 0 Å². The number of carbonyl (C=O) groups is 2. The number of rotatable bonds is 5. The monoisotopic (exact) mass is 247 g/mol. The smallest absolute Gasteiger partial charge is 0.305 e. The highest BCUT2D eigenvalue weighted by molar-refractivity contribution is 5.68. The first-order valence-electron chi connectivity index (χ1n) is 4.51. The minimum atomic E-state index is -1.64. The number of carboxylic acids is 1. The van der Waals surface area contributed by atoms with E-state index in [-0.39, 0.29) is 12.0 Å².